The summed E-state index contributed by atoms with van der Waals surface area (Å²) in [6.45, 7) is 8.17. The van der Waals surface area contributed by atoms with Gasteiger partial charge in [0, 0.05) is 5.41 Å². The molecule has 0 saturated heterocycles. The highest BCUT2D eigenvalue weighted by atomic mass is 15.2. The van der Waals surface area contributed by atoms with Crippen molar-refractivity contribution in [2.75, 3.05) is 0 Å². The van der Waals surface area contributed by atoms with Crippen LogP contribution in [0.2, 0.25) is 0 Å². The smallest absolute Gasteiger partial charge is 0.100 e. The molecule has 2 heteroatoms. The molecule has 2 N–H and O–H groups in total. The highest BCUT2D eigenvalue weighted by Crippen LogP contribution is 2.25. The summed E-state index contributed by atoms with van der Waals surface area (Å²) in [4.78, 5) is 0. The summed E-state index contributed by atoms with van der Waals surface area (Å²) in [6, 6.07) is 0. The third-order valence-electron chi connectivity index (χ3n) is 2.22. The highest BCUT2D eigenvalue weighted by molar-refractivity contribution is 5.42. The van der Waals surface area contributed by atoms with Crippen LogP contribution in [0.15, 0.2) is 48.1 Å². The number of allylic oxidation sites excluding steroid dienone is 4. The van der Waals surface area contributed by atoms with E-state index in [2.05, 4.69) is 55.4 Å². The van der Waals surface area contributed by atoms with E-state index >= 15 is 0 Å². The Labute approximate surface area is 78.7 Å². The summed E-state index contributed by atoms with van der Waals surface area (Å²) in [7, 11) is 0. The minimum atomic E-state index is 0.134. The second kappa shape index (κ2) is 2.52. The van der Waals surface area contributed by atoms with Gasteiger partial charge in [-0.25, -0.2) is 0 Å². The topological polar surface area (TPSA) is 24.1 Å². The molecule has 0 amide bonds. The summed E-state index contributed by atoms with van der Waals surface area (Å²) in [5, 5.41) is 6.34. The Morgan fingerprint density at radius 1 is 1.08 bits per heavy atom. The van der Waals surface area contributed by atoms with Crippen LogP contribution in [0, 0.1) is 5.41 Å². The van der Waals surface area contributed by atoms with Crippen molar-refractivity contribution in [1.29, 1.82) is 0 Å². The fraction of sp³-hybridized carbons (Fsp3) is 0.273. The molecule has 0 aromatic rings. The minimum absolute atomic E-state index is 0.134. The second-order valence-electron chi connectivity index (χ2n) is 4.04. The van der Waals surface area contributed by atoms with Gasteiger partial charge in [0.2, 0.25) is 0 Å². The Balaban J connectivity index is 2.34. The van der Waals surface area contributed by atoms with Crippen LogP contribution >= 0.6 is 0 Å². The van der Waals surface area contributed by atoms with Gasteiger partial charge in [0.05, 0.1) is 11.4 Å². The molecule has 1 heterocycles. The molecule has 0 spiro atoms. The molecule has 2 nitrogen and oxygen atoms in total. The molecule has 2 aliphatic rings. The van der Waals surface area contributed by atoms with Gasteiger partial charge in [-0.05, 0) is 12.2 Å². The average molecular weight is 174 g/mol. The summed E-state index contributed by atoms with van der Waals surface area (Å²) in [6.07, 6.45) is 8.55. The van der Waals surface area contributed by atoms with Crippen molar-refractivity contribution in [2.45, 2.75) is 13.8 Å². The zero-order valence-electron chi connectivity index (χ0n) is 8.02. The van der Waals surface area contributed by atoms with E-state index in [9.17, 15) is 0 Å². The van der Waals surface area contributed by atoms with Crippen molar-refractivity contribution in [2.24, 2.45) is 5.41 Å². The molecule has 0 unspecified atom stereocenters. The predicted octanol–water partition coefficient (Wildman–Crippen LogP) is 2.01. The average Bonchev–Trinajstić information content (AvgIpc) is 2.34. The van der Waals surface area contributed by atoms with Gasteiger partial charge in [0.1, 0.15) is 5.82 Å². The quantitative estimate of drug-likeness (QED) is 0.587. The third kappa shape index (κ3) is 1.52. The van der Waals surface area contributed by atoms with E-state index < -0.39 is 0 Å². The fourth-order valence-corrected chi connectivity index (χ4v) is 1.41. The second-order valence-corrected chi connectivity index (χ2v) is 4.04. The first kappa shape index (κ1) is 8.17. The monoisotopic (exact) mass is 174 g/mol. The zero-order valence-corrected chi connectivity index (χ0v) is 8.02. The van der Waals surface area contributed by atoms with Gasteiger partial charge in [-0.3, -0.25) is 0 Å². The molecule has 2 rings (SSSR count). The van der Waals surface area contributed by atoms with Crippen molar-refractivity contribution in [3.63, 3.8) is 0 Å². The van der Waals surface area contributed by atoms with Crippen molar-refractivity contribution < 1.29 is 0 Å². The molecule has 0 radical (unpaired) electrons. The van der Waals surface area contributed by atoms with E-state index in [0.717, 1.165) is 17.2 Å². The summed E-state index contributed by atoms with van der Waals surface area (Å²) in [5.74, 6) is 0.846. The molecule has 1 aliphatic heterocycles. The van der Waals surface area contributed by atoms with Gasteiger partial charge < -0.3 is 10.6 Å². The van der Waals surface area contributed by atoms with E-state index in [0.29, 0.717) is 0 Å². The van der Waals surface area contributed by atoms with E-state index in [4.69, 9.17) is 0 Å². The van der Waals surface area contributed by atoms with Crippen molar-refractivity contribution in [1.82, 2.24) is 10.6 Å². The fourth-order valence-electron chi connectivity index (χ4n) is 1.41. The molecule has 0 aromatic heterocycles. The SMILES string of the molecule is C=C1NC2=C(C=CC(C)(C)C=C2)N1. The van der Waals surface area contributed by atoms with Crippen LogP contribution < -0.4 is 10.6 Å². The van der Waals surface area contributed by atoms with E-state index in [1.165, 1.54) is 0 Å². The van der Waals surface area contributed by atoms with Crippen LogP contribution in [0.1, 0.15) is 13.8 Å². The molecule has 0 fully saturated rings. The van der Waals surface area contributed by atoms with Crippen molar-refractivity contribution in [3.05, 3.63) is 48.1 Å². The maximum atomic E-state index is 3.81. The summed E-state index contributed by atoms with van der Waals surface area (Å²) >= 11 is 0. The Bertz CT molecular complexity index is 313. The Morgan fingerprint density at radius 2 is 1.54 bits per heavy atom. The summed E-state index contributed by atoms with van der Waals surface area (Å²) in [5.41, 5.74) is 2.34. The first-order valence-electron chi connectivity index (χ1n) is 4.42. The van der Waals surface area contributed by atoms with E-state index in [-0.39, 0.29) is 5.41 Å². The Morgan fingerprint density at radius 3 is 2.00 bits per heavy atom. The predicted molar refractivity (Wildman–Crippen MR) is 54.5 cm³/mol. The highest BCUT2D eigenvalue weighted by Gasteiger charge is 2.17. The van der Waals surface area contributed by atoms with Crippen LogP contribution in [0.25, 0.3) is 0 Å². The molecule has 68 valence electrons. The number of nitrogens with one attached hydrogen (secondary N) is 2. The zero-order chi connectivity index (χ0) is 9.47. The van der Waals surface area contributed by atoms with Crippen LogP contribution in [0.3, 0.4) is 0 Å². The van der Waals surface area contributed by atoms with E-state index in [1.807, 2.05) is 0 Å². The normalized spacial score (nSPS) is 23.7. The standard InChI is InChI=1S/C11H14N2/c1-8-12-9-4-6-11(2,3)7-5-10(9)13-8/h4-7,12-13H,1H2,2-3H3. The Kier molecular flexibility index (Phi) is 1.59. The third-order valence-corrected chi connectivity index (χ3v) is 2.22. The molecule has 0 saturated carbocycles. The molecular formula is C11H14N2. The van der Waals surface area contributed by atoms with Gasteiger partial charge in [0.25, 0.3) is 0 Å². The maximum Gasteiger partial charge on any atom is 0.100 e. The lowest BCUT2D eigenvalue weighted by Crippen LogP contribution is -2.12. The van der Waals surface area contributed by atoms with Crippen molar-refractivity contribution >= 4 is 0 Å². The Hall–Kier alpha value is -1.44. The minimum Gasteiger partial charge on any atom is -0.341 e. The van der Waals surface area contributed by atoms with Gasteiger partial charge in [-0.2, -0.15) is 0 Å². The van der Waals surface area contributed by atoms with Gasteiger partial charge in [-0.15, -0.1) is 0 Å². The molecule has 0 aromatic carbocycles. The first-order valence-corrected chi connectivity index (χ1v) is 4.42. The first-order chi connectivity index (χ1) is 6.07. The lowest BCUT2D eigenvalue weighted by molar-refractivity contribution is 0.625. The lowest BCUT2D eigenvalue weighted by atomic mass is 9.93. The number of rotatable bonds is 0. The largest absolute Gasteiger partial charge is 0.341 e. The molecule has 0 atom stereocenters. The number of hydrogen-bond acceptors (Lipinski definition) is 2. The van der Waals surface area contributed by atoms with Gasteiger partial charge in [-0.1, -0.05) is 32.6 Å². The van der Waals surface area contributed by atoms with Crippen molar-refractivity contribution in [3.8, 4) is 0 Å². The van der Waals surface area contributed by atoms with E-state index in [1.54, 1.807) is 0 Å². The number of hydrogen-bond donors (Lipinski definition) is 2. The van der Waals surface area contributed by atoms with Crippen LogP contribution in [-0.2, 0) is 0 Å². The van der Waals surface area contributed by atoms with Gasteiger partial charge >= 0.3 is 0 Å². The molecule has 0 bridgehead atoms. The molecule has 1 aliphatic carbocycles. The van der Waals surface area contributed by atoms with Crippen LogP contribution in [0.4, 0.5) is 0 Å². The lowest BCUT2D eigenvalue weighted by Gasteiger charge is -2.13. The molecule has 13 heavy (non-hydrogen) atoms. The summed E-state index contributed by atoms with van der Waals surface area (Å²) < 4.78 is 0. The van der Waals surface area contributed by atoms with Crippen LogP contribution in [-0.4, -0.2) is 0 Å². The maximum absolute atomic E-state index is 3.81. The molecular weight excluding hydrogens is 160 g/mol. The van der Waals surface area contributed by atoms with Crippen LogP contribution in [0.5, 0.6) is 0 Å². The van der Waals surface area contributed by atoms with Gasteiger partial charge in [0.15, 0.2) is 0 Å².